The lowest BCUT2D eigenvalue weighted by Gasteiger charge is -2.11. The molecule has 0 N–H and O–H groups in total. The molecule has 0 amide bonds. The average Bonchev–Trinajstić information content (AvgIpc) is 2.71. The van der Waals surface area contributed by atoms with Crippen LogP contribution in [0.15, 0.2) is 18.2 Å². The van der Waals surface area contributed by atoms with Crippen molar-refractivity contribution in [1.82, 2.24) is 14.8 Å². The van der Waals surface area contributed by atoms with Crippen LogP contribution in [0.1, 0.15) is 19.2 Å². The molecule has 96 valence electrons. The lowest BCUT2D eigenvalue weighted by Crippen LogP contribution is -2.04. The first kappa shape index (κ1) is 12.8. The van der Waals surface area contributed by atoms with Gasteiger partial charge in [0.05, 0.1) is 12.8 Å². The largest absolute Gasteiger partial charge is 0.494 e. The van der Waals surface area contributed by atoms with Crippen molar-refractivity contribution < 1.29 is 9.13 Å². The Morgan fingerprint density at radius 3 is 2.83 bits per heavy atom. The molecule has 0 aliphatic heterocycles. The van der Waals surface area contributed by atoms with Gasteiger partial charge in [0.2, 0.25) is 5.28 Å². The van der Waals surface area contributed by atoms with Crippen molar-refractivity contribution in [1.29, 1.82) is 0 Å². The summed E-state index contributed by atoms with van der Waals surface area (Å²) < 4.78 is 20.0. The summed E-state index contributed by atoms with van der Waals surface area (Å²) in [5.41, 5.74) is 0.636. The Hall–Kier alpha value is -1.62. The predicted molar refractivity (Wildman–Crippen MR) is 66.9 cm³/mol. The summed E-state index contributed by atoms with van der Waals surface area (Å²) in [6.07, 6.45) is 1.65. The number of ether oxygens (including phenoxy) is 1. The molecule has 0 unspecified atom stereocenters. The third-order valence-corrected chi connectivity index (χ3v) is 2.79. The molecule has 18 heavy (non-hydrogen) atoms. The molecule has 6 heteroatoms. The number of rotatable bonds is 4. The van der Waals surface area contributed by atoms with Crippen LogP contribution in [0.2, 0.25) is 5.28 Å². The quantitative estimate of drug-likeness (QED) is 0.857. The molecule has 0 saturated heterocycles. The minimum absolute atomic E-state index is 0.239. The molecule has 2 rings (SSSR count). The Balaban J connectivity index is 2.57. The zero-order chi connectivity index (χ0) is 13.1. The molecule has 0 spiro atoms. The van der Waals surface area contributed by atoms with Gasteiger partial charge < -0.3 is 4.74 Å². The summed E-state index contributed by atoms with van der Waals surface area (Å²) in [6, 6.07) is 4.26. The van der Waals surface area contributed by atoms with Gasteiger partial charge in [0, 0.05) is 12.5 Å². The van der Waals surface area contributed by atoms with E-state index in [9.17, 15) is 4.39 Å². The second kappa shape index (κ2) is 5.35. The average molecular weight is 270 g/mol. The molecule has 1 aromatic heterocycles. The summed E-state index contributed by atoms with van der Waals surface area (Å²) in [4.78, 5) is 0. The van der Waals surface area contributed by atoms with Crippen LogP contribution >= 0.6 is 11.6 Å². The van der Waals surface area contributed by atoms with E-state index in [1.54, 1.807) is 10.6 Å². The zero-order valence-electron chi connectivity index (χ0n) is 10.2. The van der Waals surface area contributed by atoms with E-state index < -0.39 is 0 Å². The highest BCUT2D eigenvalue weighted by atomic mass is 35.5. The molecule has 4 nitrogen and oxygen atoms in total. The first-order valence-electron chi connectivity index (χ1n) is 5.61. The van der Waals surface area contributed by atoms with Crippen LogP contribution in [0, 0.1) is 5.82 Å². The van der Waals surface area contributed by atoms with Gasteiger partial charge in [-0.3, -0.25) is 4.57 Å². The Morgan fingerprint density at radius 2 is 2.17 bits per heavy atom. The molecule has 0 aliphatic rings. The van der Waals surface area contributed by atoms with Crippen molar-refractivity contribution in [3.8, 4) is 11.4 Å². The maximum atomic E-state index is 13.2. The summed E-state index contributed by atoms with van der Waals surface area (Å²) in [5, 5.41) is 8.09. The normalized spacial score (nSPS) is 10.7. The smallest absolute Gasteiger partial charge is 0.229 e. The highest BCUT2D eigenvalue weighted by Gasteiger charge is 2.15. The third-order valence-electron chi connectivity index (χ3n) is 2.55. The number of nitrogens with zero attached hydrogens (tertiary/aromatic N) is 3. The highest BCUT2D eigenvalue weighted by Crippen LogP contribution is 2.27. The fraction of sp³-hybridized carbons (Fsp3) is 0.333. The van der Waals surface area contributed by atoms with E-state index in [4.69, 9.17) is 16.3 Å². The van der Waals surface area contributed by atoms with E-state index in [0.29, 0.717) is 11.4 Å². The van der Waals surface area contributed by atoms with Crippen LogP contribution in [-0.2, 0) is 6.42 Å². The fourth-order valence-electron chi connectivity index (χ4n) is 1.75. The zero-order valence-corrected chi connectivity index (χ0v) is 10.9. The van der Waals surface area contributed by atoms with Crippen molar-refractivity contribution in [2.75, 3.05) is 7.11 Å². The molecule has 0 fully saturated rings. The van der Waals surface area contributed by atoms with Gasteiger partial charge >= 0.3 is 0 Å². The Kier molecular flexibility index (Phi) is 3.81. The van der Waals surface area contributed by atoms with Crippen molar-refractivity contribution in [3.05, 3.63) is 35.1 Å². The number of methoxy groups -OCH3 is 1. The predicted octanol–water partition coefficient (Wildman–Crippen LogP) is 3.02. The van der Waals surface area contributed by atoms with Crippen LogP contribution < -0.4 is 4.74 Å². The SMILES string of the molecule is CCCc1nnc(Cl)n1-c1ccc(F)cc1OC. The maximum Gasteiger partial charge on any atom is 0.229 e. The van der Waals surface area contributed by atoms with E-state index in [2.05, 4.69) is 10.2 Å². The summed E-state index contributed by atoms with van der Waals surface area (Å²) in [7, 11) is 1.48. The van der Waals surface area contributed by atoms with Gasteiger partial charge in [-0.2, -0.15) is 0 Å². The molecule has 0 bridgehead atoms. The van der Waals surface area contributed by atoms with Crippen LogP contribution in [0.5, 0.6) is 5.75 Å². The minimum Gasteiger partial charge on any atom is -0.494 e. The Bertz CT molecular complexity index is 556. The number of hydrogen-bond acceptors (Lipinski definition) is 3. The molecule has 1 heterocycles. The van der Waals surface area contributed by atoms with Crippen LogP contribution in [0.25, 0.3) is 5.69 Å². The molecule has 2 aromatic rings. The standard InChI is InChI=1S/C12H13ClFN3O/c1-3-4-11-15-16-12(13)17(11)9-6-5-8(14)7-10(9)18-2/h5-7H,3-4H2,1-2H3. The van der Waals surface area contributed by atoms with Gasteiger partial charge in [-0.1, -0.05) is 6.92 Å². The Labute approximate surface area is 109 Å². The summed E-state index contributed by atoms with van der Waals surface area (Å²) >= 11 is 6.02. The van der Waals surface area contributed by atoms with Crippen molar-refractivity contribution in [2.24, 2.45) is 0 Å². The summed E-state index contributed by atoms with van der Waals surface area (Å²) in [5.74, 6) is 0.762. The lowest BCUT2D eigenvalue weighted by molar-refractivity contribution is 0.409. The number of halogens is 2. The van der Waals surface area contributed by atoms with Gasteiger partial charge in [-0.15, -0.1) is 10.2 Å². The lowest BCUT2D eigenvalue weighted by atomic mass is 10.2. The number of aryl methyl sites for hydroxylation is 1. The van der Waals surface area contributed by atoms with E-state index in [1.165, 1.54) is 19.2 Å². The number of aromatic nitrogens is 3. The maximum absolute atomic E-state index is 13.2. The molecule has 0 atom stereocenters. The minimum atomic E-state index is -0.364. The second-order valence-electron chi connectivity index (χ2n) is 3.79. The number of benzene rings is 1. The van der Waals surface area contributed by atoms with Gasteiger partial charge in [-0.05, 0) is 30.2 Å². The van der Waals surface area contributed by atoms with E-state index >= 15 is 0 Å². The topological polar surface area (TPSA) is 39.9 Å². The van der Waals surface area contributed by atoms with Gasteiger partial charge in [0.15, 0.2) is 0 Å². The fourth-order valence-corrected chi connectivity index (χ4v) is 1.98. The second-order valence-corrected chi connectivity index (χ2v) is 4.12. The molecular weight excluding hydrogens is 257 g/mol. The molecule has 1 aromatic carbocycles. The third kappa shape index (κ3) is 2.31. The van der Waals surface area contributed by atoms with Crippen molar-refractivity contribution >= 4 is 11.6 Å². The molecular formula is C12H13ClFN3O. The van der Waals surface area contributed by atoms with E-state index in [1.807, 2.05) is 6.92 Å². The molecule has 0 saturated carbocycles. The van der Waals surface area contributed by atoms with Gasteiger partial charge in [-0.25, -0.2) is 4.39 Å². The van der Waals surface area contributed by atoms with E-state index in [0.717, 1.165) is 18.7 Å². The first-order valence-corrected chi connectivity index (χ1v) is 5.99. The van der Waals surface area contributed by atoms with Crippen LogP contribution in [0.3, 0.4) is 0 Å². The monoisotopic (exact) mass is 269 g/mol. The van der Waals surface area contributed by atoms with Gasteiger partial charge in [0.25, 0.3) is 0 Å². The first-order chi connectivity index (χ1) is 8.67. The molecule has 0 radical (unpaired) electrons. The van der Waals surface area contributed by atoms with Crippen LogP contribution in [-0.4, -0.2) is 21.9 Å². The van der Waals surface area contributed by atoms with Gasteiger partial charge in [0.1, 0.15) is 17.4 Å². The van der Waals surface area contributed by atoms with Crippen molar-refractivity contribution in [3.63, 3.8) is 0 Å². The van der Waals surface area contributed by atoms with E-state index in [-0.39, 0.29) is 11.1 Å². The molecule has 0 aliphatic carbocycles. The number of hydrogen-bond donors (Lipinski definition) is 0. The van der Waals surface area contributed by atoms with Crippen LogP contribution in [0.4, 0.5) is 4.39 Å². The Morgan fingerprint density at radius 1 is 1.39 bits per heavy atom. The van der Waals surface area contributed by atoms with Crippen molar-refractivity contribution in [2.45, 2.75) is 19.8 Å². The highest BCUT2D eigenvalue weighted by molar-refractivity contribution is 6.28. The summed E-state index contributed by atoms with van der Waals surface area (Å²) in [6.45, 7) is 2.04.